The molecule has 0 heterocycles. The highest BCUT2D eigenvalue weighted by Crippen LogP contribution is 2.59. The number of rotatable bonds is 30. The maximum atomic E-state index is 13.1. The second-order valence-corrected chi connectivity index (χ2v) is 21.3. The van der Waals surface area contributed by atoms with Gasteiger partial charge in [-0.25, -0.2) is 14.7 Å². The number of unbranched alkanes of at least 4 members (excludes halogenated alkanes) is 20. The number of aliphatic hydroxyl groups excluding tert-OH is 1. The molecule has 2 aliphatic carbocycles. The lowest BCUT2D eigenvalue weighted by Gasteiger charge is -2.35. The number of benzene rings is 5. The van der Waals surface area contributed by atoms with Crippen LogP contribution in [0.5, 0.6) is 23.0 Å². The first-order chi connectivity index (χ1) is 37.2. The molecule has 0 aromatic heterocycles. The van der Waals surface area contributed by atoms with Crippen LogP contribution in [0.4, 0.5) is 5.69 Å². The largest absolute Gasteiger partial charge is 0.507 e. The number of hydrogen-bond acceptors (Lipinski definition) is 7. The average molecular weight is 1030 g/mol. The number of nitrogens with zero attached hydrogens (tertiary/aromatic N) is 4. The summed E-state index contributed by atoms with van der Waals surface area (Å²) in [6.07, 6.45) is 27.3. The van der Waals surface area contributed by atoms with Crippen molar-refractivity contribution >= 4 is 44.1 Å². The van der Waals surface area contributed by atoms with Crippen LogP contribution in [0.15, 0.2) is 95.4 Å². The summed E-state index contributed by atoms with van der Waals surface area (Å²) in [4.78, 5) is 6.21. The van der Waals surface area contributed by atoms with Crippen molar-refractivity contribution in [3.05, 3.63) is 135 Å². The third kappa shape index (κ3) is 12.6. The summed E-state index contributed by atoms with van der Waals surface area (Å²) in [6.45, 7) is 20.5. The monoisotopic (exact) mass is 1030 g/mol. The zero-order valence-corrected chi connectivity index (χ0v) is 46.3. The van der Waals surface area contributed by atoms with Crippen molar-refractivity contribution in [1.82, 2.24) is 0 Å². The predicted octanol–water partition coefficient (Wildman–Crippen LogP) is 17.7. The molecule has 5 N–H and O–H groups in total. The van der Waals surface area contributed by atoms with Crippen LogP contribution >= 0.6 is 0 Å². The lowest BCUT2D eigenvalue weighted by Crippen LogP contribution is -2.30. The highest BCUT2D eigenvalue weighted by Gasteiger charge is 2.44. The first-order valence-corrected chi connectivity index (χ1v) is 29.3. The summed E-state index contributed by atoms with van der Waals surface area (Å²) in [5, 5.41) is 75.2. The van der Waals surface area contributed by atoms with Gasteiger partial charge >= 0.3 is 0 Å². The van der Waals surface area contributed by atoms with Crippen molar-refractivity contribution in [1.29, 1.82) is 5.26 Å². The fourth-order valence-corrected chi connectivity index (χ4v) is 12.0. The zero-order valence-electron chi connectivity index (χ0n) is 46.3. The number of anilines is 1. The summed E-state index contributed by atoms with van der Waals surface area (Å²) in [5.74, 6) is -0.558. The smallest absolute Gasteiger partial charge is 0.270 e. The van der Waals surface area contributed by atoms with E-state index in [0.717, 1.165) is 137 Å². The van der Waals surface area contributed by atoms with Crippen LogP contribution < -0.4 is 4.90 Å². The third-order valence-electron chi connectivity index (χ3n) is 15.9. The van der Waals surface area contributed by atoms with Gasteiger partial charge in [0.15, 0.2) is 0 Å². The lowest BCUT2D eigenvalue weighted by atomic mass is 9.68. The molecule has 0 bridgehead atoms. The highest BCUT2D eigenvalue weighted by atomic mass is 16.3. The van der Waals surface area contributed by atoms with Crippen LogP contribution in [0.1, 0.15) is 210 Å². The topological polar surface area (TPSA) is 136 Å². The quantitative estimate of drug-likeness (QED) is 0.00997. The van der Waals surface area contributed by atoms with Gasteiger partial charge in [-0.15, -0.1) is 0 Å². The maximum Gasteiger partial charge on any atom is 0.270 e. The van der Waals surface area contributed by atoms with Gasteiger partial charge in [0, 0.05) is 86.5 Å². The van der Waals surface area contributed by atoms with E-state index < -0.39 is 0 Å². The molecular formula is C67H85N4O5+. The van der Waals surface area contributed by atoms with Gasteiger partial charge < -0.3 is 30.4 Å². The Bertz CT molecular complexity index is 2870. The van der Waals surface area contributed by atoms with Crippen molar-refractivity contribution in [3.63, 3.8) is 0 Å². The molecule has 0 spiro atoms. The standard InChI is InChI=1S/C67H84N4O5/c1-6-10-14-18-22-26-42-70(43-27-23-19-15-11-7-2)65-47-34-30-38-52(72)56(47)61(57-48(65)35-31-39-53(57)73)63-60(51(46-68)69-5)64(67(63)76)62-58-49(36-32-40-54(58)74)66(50-37-33-41-55(75)59(50)62)71(44-28-24-20-16-12-8-3)45-29-25-21-17-13-9-4/h30-41H,6-29,42-45H2,1-4H3,(H4-,72,73,74,75,76)/p+1. The number of aliphatic hydroxyl groups is 1. The number of allylic oxidation sites excluding steroid dienone is 3. The predicted molar refractivity (Wildman–Crippen MR) is 315 cm³/mol. The summed E-state index contributed by atoms with van der Waals surface area (Å²) in [5.41, 5.74) is 4.69. The zero-order chi connectivity index (χ0) is 54.0. The van der Waals surface area contributed by atoms with Crippen LogP contribution in [-0.2, 0) is 0 Å². The molecule has 0 saturated carbocycles. The maximum absolute atomic E-state index is 13.1. The Kier molecular flexibility index (Phi) is 21.3. The molecule has 0 radical (unpaired) electrons. The van der Waals surface area contributed by atoms with Gasteiger partial charge in [0.05, 0.1) is 29.5 Å². The molecule has 7 rings (SSSR count). The van der Waals surface area contributed by atoms with Crippen molar-refractivity contribution < 1.29 is 30.1 Å². The van der Waals surface area contributed by atoms with Crippen molar-refractivity contribution in [2.75, 3.05) is 31.1 Å². The van der Waals surface area contributed by atoms with E-state index in [4.69, 9.17) is 6.57 Å². The Hall–Kier alpha value is -6.71. The molecule has 2 aliphatic rings. The second-order valence-electron chi connectivity index (χ2n) is 21.3. The Labute approximate surface area is 454 Å². The minimum Gasteiger partial charge on any atom is -0.507 e. The van der Waals surface area contributed by atoms with Gasteiger partial charge in [0.25, 0.3) is 5.70 Å². The van der Waals surface area contributed by atoms with Crippen molar-refractivity contribution in [2.24, 2.45) is 0 Å². The first kappa shape index (κ1) is 57.0. The molecule has 0 amide bonds. The van der Waals surface area contributed by atoms with E-state index in [2.05, 4.69) is 48.1 Å². The van der Waals surface area contributed by atoms with Crippen LogP contribution in [0.3, 0.4) is 0 Å². The minimum absolute atomic E-state index is 0.0706. The van der Waals surface area contributed by atoms with E-state index >= 15 is 0 Å². The van der Waals surface area contributed by atoms with E-state index in [0.29, 0.717) is 33.0 Å². The van der Waals surface area contributed by atoms with Gasteiger partial charge in [-0.1, -0.05) is 180 Å². The number of aromatic hydroxyl groups is 4. The molecule has 76 heavy (non-hydrogen) atoms. The average Bonchev–Trinajstić information content (AvgIpc) is 3.48. The van der Waals surface area contributed by atoms with E-state index in [1.165, 1.54) is 77.0 Å². The van der Waals surface area contributed by atoms with Gasteiger partial charge in [-0.05, 0) is 62.1 Å². The molecule has 0 aliphatic heterocycles. The molecule has 0 unspecified atom stereocenters. The van der Waals surface area contributed by atoms with E-state index in [-0.39, 0.29) is 51.2 Å². The molecule has 9 nitrogen and oxygen atoms in total. The minimum atomic E-state index is -0.309. The molecular weight excluding hydrogens is 941 g/mol. The number of phenols is 4. The number of hydrogen-bond donors (Lipinski definition) is 5. The van der Waals surface area contributed by atoms with Crippen LogP contribution in [0.2, 0.25) is 0 Å². The van der Waals surface area contributed by atoms with Gasteiger partial charge in [0.1, 0.15) is 41.8 Å². The molecule has 0 saturated heterocycles. The first-order valence-electron chi connectivity index (χ1n) is 29.3. The summed E-state index contributed by atoms with van der Waals surface area (Å²) < 4.78 is 2.42. The van der Waals surface area contributed by atoms with Crippen LogP contribution in [0.25, 0.3) is 37.5 Å². The summed E-state index contributed by atoms with van der Waals surface area (Å²) >= 11 is 0. The Balaban J connectivity index is 1.48. The SMILES string of the molecule is [C-]#[N+]C(C#N)=C1C(=C2c3c(O)cccc3C(=[N+](CCCCCCCC)CCCCCCCC)c3cccc(O)c32)C(O)=C1c1c2c(O)cccc2c(N(CCCCCCCC)CCCCCCCC)c2cccc(O)c12. The van der Waals surface area contributed by atoms with E-state index in [9.17, 15) is 30.8 Å². The van der Waals surface area contributed by atoms with Gasteiger partial charge in [-0.3, -0.25) is 0 Å². The number of fused-ring (bicyclic) bond motifs is 4. The third-order valence-corrected chi connectivity index (χ3v) is 15.9. The van der Waals surface area contributed by atoms with Crippen molar-refractivity contribution in [2.45, 2.75) is 182 Å². The second kappa shape index (κ2) is 28.4. The summed E-state index contributed by atoms with van der Waals surface area (Å²) in [7, 11) is 0. The molecule has 9 heteroatoms. The number of nitriles is 1. The van der Waals surface area contributed by atoms with Crippen LogP contribution in [-0.4, -0.2) is 62.0 Å². The Morgan fingerprint density at radius 2 is 0.882 bits per heavy atom. The molecule has 0 atom stereocenters. The normalized spacial score (nSPS) is 13.7. The van der Waals surface area contributed by atoms with Gasteiger partial charge in [-0.2, -0.15) is 0 Å². The summed E-state index contributed by atoms with van der Waals surface area (Å²) in [6, 6.07) is 23.8. The van der Waals surface area contributed by atoms with Crippen molar-refractivity contribution in [3.8, 4) is 29.1 Å². The Morgan fingerprint density at radius 1 is 0.487 bits per heavy atom. The molecule has 5 aromatic rings. The van der Waals surface area contributed by atoms with E-state index in [1.807, 2.05) is 48.5 Å². The highest BCUT2D eigenvalue weighted by molar-refractivity contribution is 6.27. The number of phenolic OH excluding ortho intramolecular Hbond substituents is 4. The fraction of sp³-hybridized carbons (Fsp3) is 0.478. The van der Waals surface area contributed by atoms with Gasteiger partial charge in [0.2, 0.25) is 5.71 Å². The Morgan fingerprint density at radius 3 is 1.30 bits per heavy atom. The molecule has 5 aromatic carbocycles. The van der Waals surface area contributed by atoms with E-state index in [1.54, 1.807) is 24.3 Å². The molecule has 402 valence electrons. The lowest BCUT2D eigenvalue weighted by molar-refractivity contribution is -0.528. The molecule has 0 fully saturated rings. The fourth-order valence-electron chi connectivity index (χ4n) is 12.0. The van der Waals surface area contributed by atoms with Crippen LogP contribution in [0, 0.1) is 17.9 Å².